The number of aliphatic carboxylic acids is 1. The lowest BCUT2D eigenvalue weighted by atomic mass is 10.0. The molecule has 0 aliphatic carbocycles. The van der Waals surface area contributed by atoms with Gasteiger partial charge in [-0.3, -0.25) is 0 Å². The average Bonchev–Trinajstić information content (AvgIpc) is 2.49. The van der Waals surface area contributed by atoms with E-state index in [9.17, 15) is 9.90 Å². The molecule has 1 N–H and O–H groups in total. The summed E-state index contributed by atoms with van der Waals surface area (Å²) in [5.74, 6) is -0.790. The van der Waals surface area contributed by atoms with Crippen LogP contribution in [0.3, 0.4) is 0 Å². The van der Waals surface area contributed by atoms with Crippen molar-refractivity contribution >= 4 is 12.0 Å². The summed E-state index contributed by atoms with van der Waals surface area (Å²) >= 11 is 0. The third-order valence-corrected chi connectivity index (χ3v) is 3.71. The molecule has 0 bridgehead atoms. The molecule has 0 aromatic heterocycles. The fourth-order valence-corrected chi connectivity index (χ4v) is 2.44. The van der Waals surface area contributed by atoms with Gasteiger partial charge in [-0.15, -0.1) is 0 Å². The van der Waals surface area contributed by atoms with Gasteiger partial charge in [0.1, 0.15) is 0 Å². The lowest BCUT2D eigenvalue weighted by molar-refractivity contribution is -0.132. The van der Waals surface area contributed by atoms with Gasteiger partial charge in [-0.1, -0.05) is 82.2 Å². The molecule has 0 amide bonds. The number of hydrogen-bond donors (Lipinski definition) is 1. The number of carboxylic acid groups (broad SMARTS) is 1. The molecule has 0 aliphatic heterocycles. The summed E-state index contributed by atoms with van der Waals surface area (Å²) in [6.07, 6.45) is 12.3. The Balaban J connectivity index is 2.27. The second-order valence-corrected chi connectivity index (χ2v) is 5.61. The highest BCUT2D eigenvalue weighted by Gasteiger charge is 2.06. The summed E-state index contributed by atoms with van der Waals surface area (Å²) in [6, 6.07) is 9.69. The second-order valence-electron chi connectivity index (χ2n) is 5.61. The number of benzene rings is 1. The van der Waals surface area contributed by atoms with Crippen LogP contribution in [-0.4, -0.2) is 11.1 Å². The number of carboxylic acids is 1. The van der Waals surface area contributed by atoms with E-state index in [4.69, 9.17) is 0 Å². The Bertz CT molecular complexity index is 420. The van der Waals surface area contributed by atoms with Gasteiger partial charge in [0.05, 0.1) is 0 Å². The van der Waals surface area contributed by atoms with Crippen molar-refractivity contribution in [3.8, 4) is 0 Å². The maximum Gasteiger partial charge on any atom is 0.331 e. The van der Waals surface area contributed by atoms with E-state index in [1.807, 2.05) is 30.3 Å². The van der Waals surface area contributed by atoms with Crippen LogP contribution in [0.15, 0.2) is 35.9 Å². The maximum atomic E-state index is 11.3. The molecule has 1 aromatic carbocycles. The number of hydrogen-bond acceptors (Lipinski definition) is 1. The molecule has 0 spiro atoms. The van der Waals surface area contributed by atoms with E-state index in [2.05, 4.69) is 6.92 Å². The first-order chi connectivity index (χ1) is 10.2. The zero-order chi connectivity index (χ0) is 15.3. The van der Waals surface area contributed by atoms with Gasteiger partial charge in [0.15, 0.2) is 0 Å². The third-order valence-electron chi connectivity index (χ3n) is 3.71. The van der Waals surface area contributed by atoms with Crippen molar-refractivity contribution in [3.63, 3.8) is 0 Å². The number of carbonyl (C=O) groups is 1. The first kappa shape index (κ1) is 17.5. The first-order valence-electron chi connectivity index (χ1n) is 8.23. The van der Waals surface area contributed by atoms with Gasteiger partial charge in [-0.2, -0.15) is 0 Å². The van der Waals surface area contributed by atoms with E-state index in [1.54, 1.807) is 6.08 Å². The van der Waals surface area contributed by atoms with Crippen molar-refractivity contribution in [1.82, 2.24) is 0 Å². The quantitative estimate of drug-likeness (QED) is 0.420. The molecular formula is C19H28O2. The highest BCUT2D eigenvalue weighted by atomic mass is 16.4. The molecule has 2 heteroatoms. The minimum atomic E-state index is -0.790. The average molecular weight is 288 g/mol. The molecule has 2 nitrogen and oxygen atoms in total. The molecule has 0 saturated heterocycles. The minimum Gasteiger partial charge on any atom is -0.478 e. The zero-order valence-electron chi connectivity index (χ0n) is 13.2. The Labute approximate surface area is 128 Å². The van der Waals surface area contributed by atoms with E-state index in [0.29, 0.717) is 12.0 Å². The molecule has 0 saturated carbocycles. The topological polar surface area (TPSA) is 37.3 Å². The van der Waals surface area contributed by atoms with E-state index in [0.717, 1.165) is 18.4 Å². The lowest BCUT2D eigenvalue weighted by Crippen LogP contribution is -2.00. The Hall–Kier alpha value is -1.57. The summed E-state index contributed by atoms with van der Waals surface area (Å²) in [5.41, 5.74) is 1.49. The van der Waals surface area contributed by atoms with Crippen LogP contribution in [0.1, 0.15) is 70.3 Å². The first-order valence-corrected chi connectivity index (χ1v) is 8.23. The Morgan fingerprint density at radius 1 is 0.952 bits per heavy atom. The monoisotopic (exact) mass is 288 g/mol. The summed E-state index contributed by atoms with van der Waals surface area (Å²) in [7, 11) is 0. The summed E-state index contributed by atoms with van der Waals surface area (Å²) in [5, 5.41) is 9.27. The lowest BCUT2D eigenvalue weighted by Gasteiger charge is -2.04. The fraction of sp³-hybridized carbons (Fsp3) is 0.526. The van der Waals surface area contributed by atoms with Crippen LogP contribution >= 0.6 is 0 Å². The molecule has 116 valence electrons. The fourth-order valence-electron chi connectivity index (χ4n) is 2.44. The van der Waals surface area contributed by atoms with Crippen LogP contribution in [0.4, 0.5) is 0 Å². The van der Waals surface area contributed by atoms with Gasteiger partial charge >= 0.3 is 5.97 Å². The summed E-state index contributed by atoms with van der Waals surface area (Å²) in [4.78, 5) is 11.3. The second kappa shape index (κ2) is 11.1. The Morgan fingerprint density at radius 2 is 1.52 bits per heavy atom. The number of rotatable bonds is 11. The van der Waals surface area contributed by atoms with Crippen LogP contribution in [-0.2, 0) is 4.79 Å². The van der Waals surface area contributed by atoms with Gasteiger partial charge < -0.3 is 5.11 Å². The molecule has 0 radical (unpaired) electrons. The maximum absolute atomic E-state index is 11.3. The standard InChI is InChI=1S/C19H28O2/c1-2-3-4-5-6-7-8-12-15-18(19(20)21)16-17-13-10-9-11-14-17/h9-11,13-14,16H,2-8,12,15H2,1H3,(H,20,21). The molecule has 0 aliphatic rings. The third kappa shape index (κ3) is 8.34. The summed E-state index contributed by atoms with van der Waals surface area (Å²) < 4.78 is 0. The van der Waals surface area contributed by atoms with E-state index >= 15 is 0 Å². The molecule has 1 rings (SSSR count). The van der Waals surface area contributed by atoms with Crippen LogP contribution in [0.2, 0.25) is 0 Å². The van der Waals surface area contributed by atoms with Gasteiger partial charge in [0, 0.05) is 5.57 Å². The van der Waals surface area contributed by atoms with Crippen LogP contribution in [0, 0.1) is 0 Å². The van der Waals surface area contributed by atoms with Crippen molar-refractivity contribution in [2.75, 3.05) is 0 Å². The normalized spacial score (nSPS) is 11.6. The van der Waals surface area contributed by atoms with Crippen LogP contribution in [0.25, 0.3) is 6.08 Å². The van der Waals surface area contributed by atoms with Gasteiger partial charge in [0.2, 0.25) is 0 Å². The summed E-state index contributed by atoms with van der Waals surface area (Å²) in [6.45, 7) is 2.23. The molecular weight excluding hydrogens is 260 g/mol. The van der Waals surface area contributed by atoms with Crippen molar-refractivity contribution in [2.45, 2.75) is 64.7 Å². The van der Waals surface area contributed by atoms with Gasteiger partial charge in [0.25, 0.3) is 0 Å². The predicted molar refractivity (Wildman–Crippen MR) is 89.3 cm³/mol. The largest absolute Gasteiger partial charge is 0.478 e. The van der Waals surface area contributed by atoms with Crippen LogP contribution in [0.5, 0.6) is 0 Å². The van der Waals surface area contributed by atoms with Gasteiger partial charge in [-0.05, 0) is 24.5 Å². The van der Waals surface area contributed by atoms with Crippen LogP contribution < -0.4 is 0 Å². The smallest absolute Gasteiger partial charge is 0.331 e. The minimum absolute atomic E-state index is 0.521. The molecule has 0 fully saturated rings. The van der Waals surface area contributed by atoms with E-state index in [-0.39, 0.29) is 0 Å². The molecule has 0 heterocycles. The Kier molecular flexibility index (Phi) is 9.26. The highest BCUT2D eigenvalue weighted by molar-refractivity contribution is 5.92. The van der Waals surface area contributed by atoms with Crippen molar-refractivity contribution < 1.29 is 9.90 Å². The SMILES string of the molecule is CCCCCCCCCCC(=Cc1ccccc1)C(=O)O. The van der Waals surface area contributed by atoms with E-state index < -0.39 is 5.97 Å². The number of unbranched alkanes of at least 4 members (excludes halogenated alkanes) is 7. The van der Waals surface area contributed by atoms with Crippen molar-refractivity contribution in [2.24, 2.45) is 0 Å². The van der Waals surface area contributed by atoms with E-state index in [1.165, 1.54) is 38.5 Å². The van der Waals surface area contributed by atoms with Gasteiger partial charge in [-0.25, -0.2) is 4.79 Å². The molecule has 0 unspecified atom stereocenters. The zero-order valence-corrected chi connectivity index (χ0v) is 13.2. The molecule has 21 heavy (non-hydrogen) atoms. The predicted octanol–water partition coefficient (Wildman–Crippen LogP) is 5.69. The highest BCUT2D eigenvalue weighted by Crippen LogP contribution is 2.16. The Morgan fingerprint density at radius 3 is 2.10 bits per heavy atom. The molecule has 1 aromatic rings. The molecule has 0 atom stereocenters. The van der Waals surface area contributed by atoms with Crippen molar-refractivity contribution in [3.05, 3.63) is 41.5 Å². The van der Waals surface area contributed by atoms with Crippen molar-refractivity contribution in [1.29, 1.82) is 0 Å².